The molecule has 5 heteroatoms. The molecule has 0 spiro atoms. The topological polar surface area (TPSA) is 32.3 Å². The van der Waals surface area contributed by atoms with Crippen LogP contribution in [0.3, 0.4) is 0 Å². The summed E-state index contributed by atoms with van der Waals surface area (Å²) in [5.74, 6) is 2.07. The number of thioether (sulfide) groups is 1. The SMILES string of the molecule is CC(NCC1(O)CCSCC1)c1cc(Cl)cc(Cl)c1. The number of rotatable bonds is 4. The molecule has 19 heavy (non-hydrogen) atoms. The van der Waals surface area contributed by atoms with Crippen molar-refractivity contribution in [3.8, 4) is 0 Å². The fraction of sp³-hybridized carbons (Fsp3) is 0.571. The first-order valence-corrected chi connectivity index (χ1v) is 8.39. The maximum atomic E-state index is 10.4. The van der Waals surface area contributed by atoms with Crippen molar-refractivity contribution in [2.45, 2.75) is 31.4 Å². The first kappa shape index (κ1) is 15.5. The normalized spacial score (nSPS) is 20.2. The lowest BCUT2D eigenvalue weighted by molar-refractivity contribution is 0.0300. The molecule has 0 saturated carbocycles. The van der Waals surface area contributed by atoms with Crippen molar-refractivity contribution in [2.24, 2.45) is 0 Å². The molecule has 0 amide bonds. The number of benzene rings is 1. The van der Waals surface area contributed by atoms with E-state index in [-0.39, 0.29) is 6.04 Å². The van der Waals surface area contributed by atoms with E-state index in [1.165, 1.54) is 0 Å². The van der Waals surface area contributed by atoms with Gasteiger partial charge < -0.3 is 10.4 Å². The van der Waals surface area contributed by atoms with Crippen LogP contribution in [0.4, 0.5) is 0 Å². The van der Waals surface area contributed by atoms with Crippen LogP contribution in [0.2, 0.25) is 10.0 Å². The van der Waals surface area contributed by atoms with Crippen LogP contribution in [0.25, 0.3) is 0 Å². The molecular formula is C14H19Cl2NOS. The molecule has 1 unspecified atom stereocenters. The van der Waals surface area contributed by atoms with Gasteiger partial charge in [-0.25, -0.2) is 0 Å². The first-order valence-electron chi connectivity index (χ1n) is 6.48. The molecule has 1 saturated heterocycles. The second-order valence-electron chi connectivity index (χ2n) is 5.14. The molecule has 2 rings (SSSR count). The molecule has 1 aromatic carbocycles. The summed E-state index contributed by atoms with van der Waals surface area (Å²) in [6, 6.07) is 5.66. The molecule has 1 fully saturated rings. The van der Waals surface area contributed by atoms with Crippen molar-refractivity contribution < 1.29 is 5.11 Å². The Morgan fingerprint density at radius 3 is 2.42 bits per heavy atom. The summed E-state index contributed by atoms with van der Waals surface area (Å²) in [7, 11) is 0. The summed E-state index contributed by atoms with van der Waals surface area (Å²) < 4.78 is 0. The summed E-state index contributed by atoms with van der Waals surface area (Å²) in [4.78, 5) is 0. The lowest BCUT2D eigenvalue weighted by atomic mass is 9.96. The van der Waals surface area contributed by atoms with Crippen LogP contribution in [0.5, 0.6) is 0 Å². The average molecular weight is 320 g/mol. The van der Waals surface area contributed by atoms with E-state index in [9.17, 15) is 5.11 Å². The van der Waals surface area contributed by atoms with Crippen LogP contribution < -0.4 is 5.32 Å². The molecular weight excluding hydrogens is 301 g/mol. The molecule has 0 aliphatic carbocycles. The third kappa shape index (κ3) is 4.54. The smallest absolute Gasteiger partial charge is 0.0787 e. The van der Waals surface area contributed by atoms with Crippen molar-refractivity contribution in [1.29, 1.82) is 0 Å². The van der Waals surface area contributed by atoms with Crippen LogP contribution in [0.15, 0.2) is 18.2 Å². The van der Waals surface area contributed by atoms with Crippen molar-refractivity contribution in [1.82, 2.24) is 5.32 Å². The number of halogens is 2. The molecule has 1 atom stereocenters. The molecule has 0 radical (unpaired) electrons. The van der Waals surface area contributed by atoms with E-state index in [2.05, 4.69) is 12.2 Å². The van der Waals surface area contributed by atoms with Gasteiger partial charge in [0.05, 0.1) is 5.60 Å². The maximum Gasteiger partial charge on any atom is 0.0787 e. The number of hydrogen-bond donors (Lipinski definition) is 2. The van der Waals surface area contributed by atoms with Gasteiger partial charge in [0.15, 0.2) is 0 Å². The highest BCUT2D eigenvalue weighted by atomic mass is 35.5. The predicted molar refractivity (Wildman–Crippen MR) is 84.4 cm³/mol. The lowest BCUT2D eigenvalue weighted by Crippen LogP contribution is -2.44. The Balaban J connectivity index is 1.95. The van der Waals surface area contributed by atoms with Gasteiger partial charge in [0.25, 0.3) is 0 Å². The zero-order valence-electron chi connectivity index (χ0n) is 11.0. The Morgan fingerprint density at radius 2 is 1.84 bits per heavy atom. The number of hydrogen-bond acceptors (Lipinski definition) is 3. The van der Waals surface area contributed by atoms with Crippen LogP contribution in [0.1, 0.15) is 31.4 Å². The van der Waals surface area contributed by atoms with E-state index in [1.54, 1.807) is 6.07 Å². The Bertz CT molecular complexity index is 415. The highest BCUT2D eigenvalue weighted by molar-refractivity contribution is 7.99. The fourth-order valence-electron chi connectivity index (χ4n) is 2.21. The van der Waals surface area contributed by atoms with E-state index in [0.717, 1.165) is 29.9 Å². The first-order chi connectivity index (χ1) is 8.98. The van der Waals surface area contributed by atoms with Crippen LogP contribution >= 0.6 is 35.0 Å². The lowest BCUT2D eigenvalue weighted by Gasteiger charge is -2.33. The van der Waals surface area contributed by atoms with Gasteiger partial charge in [0, 0.05) is 22.6 Å². The van der Waals surface area contributed by atoms with Gasteiger partial charge in [0.2, 0.25) is 0 Å². The predicted octanol–water partition coefficient (Wildman–Crippen LogP) is 3.90. The van der Waals surface area contributed by atoms with Gasteiger partial charge in [-0.15, -0.1) is 0 Å². The molecule has 0 bridgehead atoms. The quantitative estimate of drug-likeness (QED) is 0.882. The summed E-state index contributed by atoms with van der Waals surface area (Å²) in [6.45, 7) is 2.67. The van der Waals surface area contributed by atoms with E-state index in [0.29, 0.717) is 16.6 Å². The van der Waals surface area contributed by atoms with Crippen LogP contribution in [0, 0.1) is 0 Å². The van der Waals surface area contributed by atoms with Crippen molar-refractivity contribution in [3.63, 3.8) is 0 Å². The van der Waals surface area contributed by atoms with E-state index >= 15 is 0 Å². The van der Waals surface area contributed by atoms with Crippen LogP contribution in [-0.2, 0) is 0 Å². The summed E-state index contributed by atoms with van der Waals surface area (Å²) in [6.07, 6.45) is 1.71. The van der Waals surface area contributed by atoms with Gasteiger partial charge in [0.1, 0.15) is 0 Å². The summed E-state index contributed by atoms with van der Waals surface area (Å²) >= 11 is 13.9. The van der Waals surface area contributed by atoms with Crippen molar-refractivity contribution >= 4 is 35.0 Å². The second kappa shape index (κ2) is 6.68. The Kier molecular flexibility index (Phi) is 5.44. The summed E-state index contributed by atoms with van der Waals surface area (Å²) in [5.41, 5.74) is 0.480. The molecule has 1 aromatic rings. The molecule has 2 N–H and O–H groups in total. The number of aliphatic hydroxyl groups is 1. The van der Waals surface area contributed by atoms with E-state index in [4.69, 9.17) is 23.2 Å². The zero-order valence-corrected chi connectivity index (χ0v) is 13.3. The maximum absolute atomic E-state index is 10.4. The minimum Gasteiger partial charge on any atom is -0.389 e. The monoisotopic (exact) mass is 319 g/mol. The van der Waals surface area contributed by atoms with E-state index < -0.39 is 5.60 Å². The molecule has 0 aromatic heterocycles. The molecule has 1 aliphatic heterocycles. The largest absolute Gasteiger partial charge is 0.389 e. The van der Waals surface area contributed by atoms with Gasteiger partial charge in [-0.2, -0.15) is 11.8 Å². The van der Waals surface area contributed by atoms with Gasteiger partial charge in [-0.05, 0) is 55.0 Å². The highest BCUT2D eigenvalue weighted by Crippen LogP contribution is 2.28. The van der Waals surface area contributed by atoms with Crippen LogP contribution in [-0.4, -0.2) is 28.8 Å². The molecule has 1 aliphatic rings. The van der Waals surface area contributed by atoms with E-state index in [1.807, 2.05) is 23.9 Å². The van der Waals surface area contributed by atoms with Gasteiger partial charge in [-0.1, -0.05) is 23.2 Å². The van der Waals surface area contributed by atoms with Crippen molar-refractivity contribution in [3.05, 3.63) is 33.8 Å². The standard InChI is InChI=1S/C14H19Cl2NOS/c1-10(11-6-12(15)8-13(16)7-11)17-9-14(18)2-4-19-5-3-14/h6-8,10,17-18H,2-5,9H2,1H3. The number of nitrogens with one attached hydrogen (secondary N) is 1. The third-order valence-electron chi connectivity index (χ3n) is 3.55. The van der Waals surface area contributed by atoms with Gasteiger partial charge in [-0.3, -0.25) is 0 Å². The highest BCUT2D eigenvalue weighted by Gasteiger charge is 2.29. The average Bonchev–Trinajstić information content (AvgIpc) is 2.36. The zero-order chi connectivity index (χ0) is 13.9. The molecule has 2 nitrogen and oxygen atoms in total. The third-order valence-corrected chi connectivity index (χ3v) is 4.97. The minimum absolute atomic E-state index is 0.120. The minimum atomic E-state index is -0.568. The Morgan fingerprint density at radius 1 is 1.26 bits per heavy atom. The summed E-state index contributed by atoms with van der Waals surface area (Å²) in [5, 5.41) is 15.1. The van der Waals surface area contributed by atoms with Crippen molar-refractivity contribution in [2.75, 3.05) is 18.1 Å². The Labute approximate surface area is 128 Å². The fourth-order valence-corrected chi connectivity index (χ4v) is 4.01. The van der Waals surface area contributed by atoms with Gasteiger partial charge >= 0.3 is 0 Å². The Hall–Kier alpha value is 0.0700. The molecule has 1 heterocycles. The second-order valence-corrected chi connectivity index (χ2v) is 7.24. The molecule has 106 valence electrons.